The molecule has 0 saturated carbocycles. The first kappa shape index (κ1) is 12.1. The third-order valence-corrected chi connectivity index (χ3v) is 3.91. The Morgan fingerprint density at radius 3 is 3.00 bits per heavy atom. The Morgan fingerprint density at radius 1 is 1.33 bits per heavy atom. The monoisotopic (exact) mass is 251 g/mol. The standard InChI is InChI=1S/C13H21N3O2/c17-12-1-4-16-11(9-12)10-14-13(16)2-3-15-5-7-18-8-6-15/h10,12,17H,1-9H2. The summed E-state index contributed by atoms with van der Waals surface area (Å²) in [6.45, 7) is 5.74. The van der Waals surface area contributed by atoms with E-state index in [4.69, 9.17) is 4.74 Å². The van der Waals surface area contributed by atoms with E-state index >= 15 is 0 Å². The minimum Gasteiger partial charge on any atom is -0.393 e. The van der Waals surface area contributed by atoms with Crippen molar-refractivity contribution in [2.75, 3.05) is 32.8 Å². The molecule has 1 N–H and O–H groups in total. The van der Waals surface area contributed by atoms with Crippen LogP contribution in [0.25, 0.3) is 0 Å². The van der Waals surface area contributed by atoms with Gasteiger partial charge in [0, 0.05) is 50.9 Å². The lowest BCUT2D eigenvalue weighted by Gasteiger charge is -2.27. The van der Waals surface area contributed by atoms with E-state index in [0.29, 0.717) is 0 Å². The van der Waals surface area contributed by atoms with Crippen LogP contribution in [0.2, 0.25) is 0 Å². The maximum Gasteiger partial charge on any atom is 0.110 e. The largest absolute Gasteiger partial charge is 0.393 e. The van der Waals surface area contributed by atoms with Crippen LogP contribution in [0, 0.1) is 0 Å². The summed E-state index contributed by atoms with van der Waals surface area (Å²) in [6.07, 6.45) is 4.35. The zero-order valence-electron chi connectivity index (χ0n) is 10.7. The van der Waals surface area contributed by atoms with Crippen molar-refractivity contribution in [2.45, 2.75) is 31.9 Å². The summed E-state index contributed by atoms with van der Waals surface area (Å²) in [5.41, 5.74) is 1.19. The Hall–Kier alpha value is -0.910. The molecule has 1 aromatic rings. The highest BCUT2D eigenvalue weighted by atomic mass is 16.5. The van der Waals surface area contributed by atoms with Gasteiger partial charge in [-0.15, -0.1) is 0 Å². The zero-order valence-corrected chi connectivity index (χ0v) is 10.7. The van der Waals surface area contributed by atoms with Gasteiger partial charge in [-0.25, -0.2) is 4.98 Å². The Kier molecular flexibility index (Phi) is 3.63. The zero-order chi connectivity index (χ0) is 12.4. The van der Waals surface area contributed by atoms with Crippen molar-refractivity contribution in [3.8, 4) is 0 Å². The van der Waals surface area contributed by atoms with E-state index in [-0.39, 0.29) is 6.10 Å². The maximum absolute atomic E-state index is 9.64. The van der Waals surface area contributed by atoms with Gasteiger partial charge in [-0.2, -0.15) is 0 Å². The Bertz CT molecular complexity index is 399. The summed E-state index contributed by atoms with van der Waals surface area (Å²) in [4.78, 5) is 6.94. The first-order valence-electron chi connectivity index (χ1n) is 6.84. The summed E-state index contributed by atoms with van der Waals surface area (Å²) < 4.78 is 7.63. The van der Waals surface area contributed by atoms with Crippen molar-refractivity contribution < 1.29 is 9.84 Å². The summed E-state index contributed by atoms with van der Waals surface area (Å²) in [7, 11) is 0. The summed E-state index contributed by atoms with van der Waals surface area (Å²) in [5, 5.41) is 9.64. The van der Waals surface area contributed by atoms with Gasteiger partial charge < -0.3 is 14.4 Å². The van der Waals surface area contributed by atoms with E-state index in [1.165, 1.54) is 11.5 Å². The molecule has 0 bridgehead atoms. The van der Waals surface area contributed by atoms with E-state index in [1.54, 1.807) is 0 Å². The van der Waals surface area contributed by atoms with Crippen molar-refractivity contribution in [3.63, 3.8) is 0 Å². The fourth-order valence-electron chi connectivity index (χ4n) is 2.79. The average Bonchev–Trinajstić information content (AvgIpc) is 2.80. The van der Waals surface area contributed by atoms with Crippen LogP contribution in [0.1, 0.15) is 17.9 Å². The number of rotatable bonds is 3. The molecular weight excluding hydrogens is 230 g/mol. The predicted molar refractivity (Wildman–Crippen MR) is 67.5 cm³/mol. The molecule has 0 aliphatic carbocycles. The molecule has 3 rings (SSSR count). The highest BCUT2D eigenvalue weighted by molar-refractivity contribution is 5.09. The number of nitrogens with zero attached hydrogens (tertiary/aromatic N) is 3. The van der Waals surface area contributed by atoms with Gasteiger partial charge in [-0.05, 0) is 6.42 Å². The minimum atomic E-state index is -0.179. The SMILES string of the molecule is OC1CCn2c(cnc2CCN2CCOCC2)C1. The van der Waals surface area contributed by atoms with Gasteiger partial charge in [-0.1, -0.05) is 0 Å². The molecule has 5 heteroatoms. The first-order valence-corrected chi connectivity index (χ1v) is 6.84. The fourth-order valence-corrected chi connectivity index (χ4v) is 2.79. The Balaban J connectivity index is 1.59. The van der Waals surface area contributed by atoms with Crippen LogP contribution >= 0.6 is 0 Å². The van der Waals surface area contributed by atoms with Gasteiger partial charge in [0.1, 0.15) is 5.82 Å². The van der Waals surface area contributed by atoms with Gasteiger partial charge in [0.05, 0.1) is 19.3 Å². The molecule has 0 radical (unpaired) electrons. The van der Waals surface area contributed by atoms with E-state index in [2.05, 4.69) is 14.5 Å². The maximum atomic E-state index is 9.64. The lowest BCUT2D eigenvalue weighted by molar-refractivity contribution is 0.0380. The normalized spacial score (nSPS) is 25.1. The van der Waals surface area contributed by atoms with Crippen molar-refractivity contribution in [1.29, 1.82) is 0 Å². The third kappa shape index (κ3) is 2.58. The third-order valence-electron chi connectivity index (χ3n) is 3.91. The Labute approximate surface area is 107 Å². The van der Waals surface area contributed by atoms with Crippen LogP contribution in [0.4, 0.5) is 0 Å². The van der Waals surface area contributed by atoms with Crippen molar-refractivity contribution in [1.82, 2.24) is 14.5 Å². The fraction of sp³-hybridized carbons (Fsp3) is 0.769. The molecule has 5 nitrogen and oxygen atoms in total. The molecule has 0 aromatic carbocycles. The highest BCUT2D eigenvalue weighted by Gasteiger charge is 2.20. The van der Waals surface area contributed by atoms with Crippen LogP contribution in [0.15, 0.2) is 6.20 Å². The molecular formula is C13H21N3O2. The second kappa shape index (κ2) is 5.38. The van der Waals surface area contributed by atoms with Gasteiger partial charge in [0.2, 0.25) is 0 Å². The molecule has 0 amide bonds. The van der Waals surface area contributed by atoms with Crippen molar-refractivity contribution in [2.24, 2.45) is 0 Å². The molecule has 1 atom stereocenters. The van der Waals surface area contributed by atoms with Gasteiger partial charge in [-0.3, -0.25) is 4.90 Å². The number of hydrogen-bond acceptors (Lipinski definition) is 4. The van der Waals surface area contributed by atoms with Crippen LogP contribution in [0.3, 0.4) is 0 Å². The summed E-state index contributed by atoms with van der Waals surface area (Å²) in [6, 6.07) is 0. The lowest BCUT2D eigenvalue weighted by Crippen LogP contribution is -2.37. The summed E-state index contributed by atoms with van der Waals surface area (Å²) in [5.74, 6) is 1.17. The number of aliphatic hydroxyl groups is 1. The first-order chi connectivity index (χ1) is 8.83. The predicted octanol–water partition coefficient (Wildman–Crippen LogP) is 0.0649. The molecule has 1 aromatic heterocycles. The number of morpholine rings is 1. The van der Waals surface area contributed by atoms with Crippen LogP contribution in [-0.2, 0) is 24.1 Å². The molecule has 3 heterocycles. The average molecular weight is 251 g/mol. The number of aromatic nitrogens is 2. The number of imidazole rings is 1. The van der Waals surface area contributed by atoms with Crippen molar-refractivity contribution >= 4 is 0 Å². The molecule has 100 valence electrons. The molecule has 1 unspecified atom stereocenters. The lowest BCUT2D eigenvalue weighted by atomic mass is 10.1. The van der Waals surface area contributed by atoms with Crippen LogP contribution in [0.5, 0.6) is 0 Å². The quantitative estimate of drug-likeness (QED) is 0.825. The van der Waals surface area contributed by atoms with Crippen LogP contribution < -0.4 is 0 Å². The van der Waals surface area contributed by atoms with Crippen molar-refractivity contribution in [3.05, 3.63) is 17.7 Å². The minimum absolute atomic E-state index is 0.179. The van der Waals surface area contributed by atoms with E-state index in [0.717, 1.165) is 58.7 Å². The second-order valence-corrected chi connectivity index (χ2v) is 5.17. The van der Waals surface area contributed by atoms with E-state index in [1.807, 2.05) is 6.20 Å². The molecule has 18 heavy (non-hydrogen) atoms. The number of aliphatic hydroxyl groups excluding tert-OH is 1. The van der Waals surface area contributed by atoms with E-state index < -0.39 is 0 Å². The molecule has 2 aliphatic rings. The molecule has 0 spiro atoms. The number of hydrogen-bond donors (Lipinski definition) is 1. The molecule has 1 saturated heterocycles. The topological polar surface area (TPSA) is 50.5 Å². The smallest absolute Gasteiger partial charge is 0.110 e. The number of fused-ring (bicyclic) bond motifs is 1. The molecule has 1 fully saturated rings. The summed E-state index contributed by atoms with van der Waals surface area (Å²) >= 11 is 0. The Morgan fingerprint density at radius 2 is 2.17 bits per heavy atom. The van der Waals surface area contributed by atoms with Gasteiger partial charge in [0.15, 0.2) is 0 Å². The second-order valence-electron chi connectivity index (χ2n) is 5.17. The van der Waals surface area contributed by atoms with Gasteiger partial charge >= 0.3 is 0 Å². The van der Waals surface area contributed by atoms with Crippen LogP contribution in [-0.4, -0.2) is 58.5 Å². The van der Waals surface area contributed by atoms with E-state index in [9.17, 15) is 5.11 Å². The number of ether oxygens (including phenoxy) is 1. The molecule has 2 aliphatic heterocycles. The highest BCUT2D eigenvalue weighted by Crippen LogP contribution is 2.17. The van der Waals surface area contributed by atoms with Gasteiger partial charge in [0.25, 0.3) is 0 Å².